The van der Waals surface area contributed by atoms with Crippen molar-refractivity contribution in [2.75, 3.05) is 13.6 Å². The van der Waals surface area contributed by atoms with Crippen LogP contribution in [0.4, 0.5) is 0 Å². The van der Waals surface area contributed by atoms with E-state index in [-0.39, 0.29) is 29.5 Å². The van der Waals surface area contributed by atoms with E-state index in [0.29, 0.717) is 10.2 Å². The third-order valence-corrected chi connectivity index (χ3v) is 2.66. The molecule has 0 aliphatic carbocycles. The Kier molecular flexibility index (Phi) is 3.23. The van der Waals surface area contributed by atoms with Crippen molar-refractivity contribution in [1.29, 1.82) is 0 Å². The summed E-state index contributed by atoms with van der Waals surface area (Å²) in [6.07, 6.45) is -0.0680. The maximum Gasteiger partial charge on any atom is 0.169 e. The van der Waals surface area contributed by atoms with Crippen LogP contribution in [0.3, 0.4) is 0 Å². The molecule has 0 aromatic carbocycles. The normalized spacial score (nSPS) is 14.2. The Balaban J connectivity index is 2.74. The zero-order valence-electron chi connectivity index (χ0n) is 11.0. The van der Waals surface area contributed by atoms with Gasteiger partial charge in [0.1, 0.15) is 5.15 Å². The van der Waals surface area contributed by atoms with Gasteiger partial charge in [0, 0.05) is 23.6 Å². The molecule has 15 heavy (non-hydrogen) atoms. The topological polar surface area (TPSA) is 39.2 Å². The highest BCUT2D eigenvalue weighted by Gasteiger charge is 2.15. The van der Waals surface area contributed by atoms with Gasteiger partial charge in [0.15, 0.2) is 5.78 Å². The number of hydrogen-bond acceptors (Lipinski definition) is 3. The number of methoxy groups -OCH3 is 1. The fourth-order valence-electron chi connectivity index (χ4n) is 1.11. The summed E-state index contributed by atoms with van der Waals surface area (Å²) in [5.41, 5.74) is 0.929. The first-order valence-electron chi connectivity index (χ1n) is 5.70. The largest absolute Gasteiger partial charge is 0.384 e. The molecule has 0 bridgehead atoms. The number of ketones is 1. The highest BCUT2D eigenvalue weighted by Crippen LogP contribution is 2.25. The number of carbonyl (C=O) groups is 1. The van der Waals surface area contributed by atoms with Crippen LogP contribution in [0.15, 0.2) is 10.5 Å². The number of pyridine rings is 1. The van der Waals surface area contributed by atoms with Gasteiger partial charge in [-0.15, -0.1) is 0 Å². The third-order valence-electron chi connectivity index (χ3n) is 1.77. The predicted octanol–water partition coefficient (Wildman–Crippen LogP) is 3.03. The summed E-state index contributed by atoms with van der Waals surface area (Å²) < 4.78 is 25.6. The molecule has 1 aromatic heterocycles. The zero-order chi connectivity index (χ0) is 13.9. The van der Waals surface area contributed by atoms with Crippen LogP contribution in [0, 0.1) is 6.92 Å². The lowest BCUT2D eigenvalue weighted by molar-refractivity contribution is 0.0931. The second kappa shape index (κ2) is 5.58. The van der Waals surface area contributed by atoms with E-state index >= 15 is 0 Å². The van der Waals surface area contributed by atoms with Gasteiger partial charge in [0.25, 0.3) is 0 Å². The quantitative estimate of drug-likeness (QED) is 0.633. The van der Waals surface area contributed by atoms with Crippen LogP contribution in [0.5, 0.6) is 0 Å². The van der Waals surface area contributed by atoms with E-state index in [4.69, 9.17) is 15.7 Å². The Morgan fingerprint density at radius 1 is 1.80 bits per heavy atom. The summed E-state index contributed by atoms with van der Waals surface area (Å²) in [5.74, 6) is -0.316. The number of carbonyl (C=O) groups excluding carboxylic acids is 1. The van der Waals surface area contributed by atoms with Crippen molar-refractivity contribution >= 4 is 33.3 Å². The van der Waals surface area contributed by atoms with E-state index in [0.717, 1.165) is 0 Å². The van der Waals surface area contributed by atoms with Crippen LogP contribution >= 0.6 is 27.5 Å². The van der Waals surface area contributed by atoms with Crippen LogP contribution in [0.25, 0.3) is 0 Å². The van der Waals surface area contributed by atoms with Gasteiger partial charge in [-0.05, 0) is 28.9 Å². The fraction of sp³-hybridized carbons (Fsp3) is 0.400. The van der Waals surface area contributed by atoms with Gasteiger partial charge < -0.3 is 4.74 Å². The molecular weight excluding hydrogens is 281 g/mol. The van der Waals surface area contributed by atoms with E-state index < -0.39 is 7.04 Å². The van der Waals surface area contributed by atoms with Gasteiger partial charge in [0.2, 0.25) is 0 Å². The number of Topliss-reactive ketones (excluding diaryl/α,β-unsaturated/α-hetero) is 1. The molecule has 0 fully saturated rings. The standard InChI is InChI=1S/C10H11BrClNO2/c1-6-5-7(11)9(10(12)13-6)8(14)3-4-15-2/h5H,3-4H2,1-2H3/i2D3. The van der Waals surface area contributed by atoms with E-state index in [9.17, 15) is 4.79 Å². The molecule has 0 saturated heterocycles. The molecule has 1 aromatic rings. The Morgan fingerprint density at radius 3 is 3.13 bits per heavy atom. The number of aryl methyl sites for hydroxylation is 1. The Labute approximate surface area is 106 Å². The second-order valence-electron chi connectivity index (χ2n) is 2.93. The second-order valence-corrected chi connectivity index (χ2v) is 4.15. The van der Waals surface area contributed by atoms with Crippen LogP contribution < -0.4 is 0 Å². The van der Waals surface area contributed by atoms with Gasteiger partial charge in [-0.3, -0.25) is 4.79 Å². The molecule has 1 rings (SSSR count). The number of nitrogens with zero attached hydrogens (tertiary/aromatic N) is 1. The minimum Gasteiger partial charge on any atom is -0.384 e. The zero-order valence-corrected chi connectivity index (χ0v) is 10.4. The third kappa shape index (κ3) is 3.26. The molecule has 0 aliphatic rings. The van der Waals surface area contributed by atoms with Crippen molar-refractivity contribution in [3.05, 3.63) is 26.9 Å². The first kappa shape index (κ1) is 8.67. The van der Waals surface area contributed by atoms with Crippen LogP contribution in [-0.2, 0) is 4.74 Å². The SMILES string of the molecule is [2H]C([2H])([2H])OCCC(=O)c1c(Br)cc(C)nc1Cl. The van der Waals surface area contributed by atoms with Crippen molar-refractivity contribution in [2.45, 2.75) is 13.3 Å². The number of ether oxygens (including phenoxy) is 1. The smallest absolute Gasteiger partial charge is 0.169 e. The lowest BCUT2D eigenvalue weighted by Crippen LogP contribution is -2.06. The minimum absolute atomic E-state index is 0.0680. The molecule has 0 N–H and O–H groups in total. The maximum atomic E-state index is 11.9. The predicted molar refractivity (Wildman–Crippen MR) is 62.5 cm³/mol. The summed E-state index contributed by atoms with van der Waals surface area (Å²) in [7, 11) is -2.49. The van der Waals surface area contributed by atoms with Gasteiger partial charge in [-0.1, -0.05) is 11.6 Å². The number of hydrogen-bond donors (Lipinski definition) is 0. The lowest BCUT2D eigenvalue weighted by atomic mass is 10.1. The molecule has 0 saturated carbocycles. The van der Waals surface area contributed by atoms with Crippen LogP contribution in [0.1, 0.15) is 26.6 Å². The van der Waals surface area contributed by atoms with E-state index in [1.54, 1.807) is 13.0 Å². The van der Waals surface area contributed by atoms with E-state index in [1.807, 2.05) is 0 Å². The molecule has 0 amide bonds. The monoisotopic (exact) mass is 294 g/mol. The Morgan fingerprint density at radius 2 is 2.53 bits per heavy atom. The average molecular weight is 296 g/mol. The Bertz CT molecular complexity index is 442. The van der Waals surface area contributed by atoms with E-state index in [2.05, 4.69) is 25.7 Å². The summed E-state index contributed by atoms with van der Waals surface area (Å²) in [5, 5.41) is 0.0979. The summed E-state index contributed by atoms with van der Waals surface area (Å²) in [6, 6.07) is 1.67. The van der Waals surface area contributed by atoms with Crippen LogP contribution in [0.2, 0.25) is 5.15 Å². The number of aromatic nitrogens is 1. The summed E-state index contributed by atoms with van der Waals surface area (Å²) in [6.45, 7) is 1.56. The highest BCUT2D eigenvalue weighted by atomic mass is 79.9. The first-order chi connectivity index (χ1) is 8.20. The fourth-order valence-corrected chi connectivity index (χ4v) is 2.31. The molecule has 0 unspecified atom stereocenters. The van der Waals surface area contributed by atoms with Crippen molar-refractivity contribution in [1.82, 2.24) is 4.98 Å². The summed E-state index contributed by atoms with van der Waals surface area (Å²) >= 11 is 9.12. The van der Waals surface area contributed by atoms with Gasteiger partial charge in [-0.2, -0.15) is 0 Å². The van der Waals surface area contributed by atoms with Crippen molar-refractivity contribution in [3.8, 4) is 0 Å². The molecule has 0 aliphatic heterocycles. The average Bonchev–Trinajstić information content (AvgIpc) is 2.13. The van der Waals surface area contributed by atoms with Crippen molar-refractivity contribution in [2.24, 2.45) is 0 Å². The molecule has 0 spiro atoms. The molecular formula is C10H11BrClNO2. The minimum atomic E-state index is -2.49. The van der Waals surface area contributed by atoms with Crippen molar-refractivity contribution < 1.29 is 13.6 Å². The van der Waals surface area contributed by atoms with Gasteiger partial charge >= 0.3 is 0 Å². The molecule has 0 radical (unpaired) electrons. The molecule has 1 heterocycles. The summed E-state index contributed by atoms with van der Waals surface area (Å²) in [4.78, 5) is 15.8. The highest BCUT2D eigenvalue weighted by molar-refractivity contribution is 9.10. The molecule has 0 atom stereocenters. The molecule has 5 heteroatoms. The number of halogens is 2. The first-order valence-corrected chi connectivity index (χ1v) is 5.37. The van der Waals surface area contributed by atoms with Gasteiger partial charge in [0.05, 0.1) is 16.3 Å². The number of rotatable bonds is 4. The maximum absolute atomic E-state index is 11.9. The molecule has 3 nitrogen and oxygen atoms in total. The molecule has 82 valence electrons. The van der Waals surface area contributed by atoms with Crippen LogP contribution in [-0.4, -0.2) is 24.4 Å². The van der Waals surface area contributed by atoms with Gasteiger partial charge in [-0.25, -0.2) is 4.98 Å². The lowest BCUT2D eigenvalue weighted by Gasteiger charge is -2.06. The van der Waals surface area contributed by atoms with Crippen molar-refractivity contribution in [3.63, 3.8) is 0 Å². The van der Waals surface area contributed by atoms with E-state index in [1.165, 1.54) is 0 Å². The Hall–Kier alpha value is -0.450.